The topological polar surface area (TPSA) is 89.1 Å². The summed E-state index contributed by atoms with van der Waals surface area (Å²) >= 11 is 1.30. The average molecular weight is 277 g/mol. The first-order valence-electron chi connectivity index (χ1n) is 5.87. The molecule has 0 spiro atoms. The average Bonchev–Trinajstić information content (AvgIpc) is 3.16. The normalized spacial score (nSPS) is 14.5. The first kappa shape index (κ1) is 12.2. The van der Waals surface area contributed by atoms with Crippen molar-refractivity contribution >= 4 is 17.7 Å². The van der Waals surface area contributed by atoms with Gasteiger partial charge in [0.15, 0.2) is 5.82 Å². The summed E-state index contributed by atoms with van der Waals surface area (Å²) in [4.78, 5) is 19.4. The summed E-state index contributed by atoms with van der Waals surface area (Å²) in [5.41, 5.74) is 0.193. The first-order chi connectivity index (χ1) is 9.24. The third-order valence-electron chi connectivity index (χ3n) is 2.75. The Bertz CT molecular complexity index is 610. The van der Waals surface area contributed by atoms with E-state index in [0.29, 0.717) is 28.4 Å². The highest BCUT2D eigenvalue weighted by Gasteiger charge is 2.29. The lowest BCUT2D eigenvalue weighted by Crippen LogP contribution is -2.00. The van der Waals surface area contributed by atoms with Gasteiger partial charge in [0.05, 0.1) is 11.3 Å². The van der Waals surface area contributed by atoms with E-state index in [2.05, 4.69) is 15.1 Å². The number of carbonyl (C=O) groups is 1. The molecule has 7 heteroatoms. The van der Waals surface area contributed by atoms with E-state index >= 15 is 0 Å². The Hall–Kier alpha value is -1.89. The van der Waals surface area contributed by atoms with Crippen LogP contribution in [0, 0.1) is 0 Å². The molecule has 6 nitrogen and oxygen atoms in total. The van der Waals surface area contributed by atoms with Gasteiger partial charge >= 0.3 is 5.97 Å². The predicted molar refractivity (Wildman–Crippen MR) is 67.0 cm³/mol. The van der Waals surface area contributed by atoms with E-state index in [9.17, 15) is 4.79 Å². The lowest BCUT2D eigenvalue weighted by molar-refractivity contribution is 0.0692. The maximum atomic E-state index is 11.0. The summed E-state index contributed by atoms with van der Waals surface area (Å²) in [5, 5.41) is 13.4. The fourth-order valence-electron chi connectivity index (χ4n) is 1.62. The van der Waals surface area contributed by atoms with E-state index in [1.165, 1.54) is 17.8 Å². The summed E-state index contributed by atoms with van der Waals surface area (Å²) in [5.74, 6) is 1.16. The van der Waals surface area contributed by atoms with Gasteiger partial charge in [-0.15, -0.1) is 0 Å². The standard InChI is InChI=1S/C12H11N3O3S/c16-12(17)8-2-1-5-13-11(8)19-6-9-14-10(18-15-9)7-3-4-7/h1-2,5,7H,3-4,6H2,(H,16,17). The van der Waals surface area contributed by atoms with Crippen molar-refractivity contribution in [2.24, 2.45) is 0 Å². The van der Waals surface area contributed by atoms with Crippen LogP contribution in [0.2, 0.25) is 0 Å². The molecule has 2 heterocycles. The van der Waals surface area contributed by atoms with Crippen molar-refractivity contribution < 1.29 is 14.4 Å². The number of hydrogen-bond donors (Lipinski definition) is 1. The number of thioether (sulfide) groups is 1. The third kappa shape index (κ3) is 2.76. The highest BCUT2D eigenvalue weighted by Crippen LogP contribution is 2.39. The van der Waals surface area contributed by atoms with Gasteiger partial charge in [0, 0.05) is 12.1 Å². The minimum Gasteiger partial charge on any atom is -0.478 e. The molecule has 0 radical (unpaired) electrons. The lowest BCUT2D eigenvalue weighted by Gasteiger charge is -2.01. The number of carboxylic acid groups (broad SMARTS) is 1. The van der Waals surface area contributed by atoms with E-state index in [-0.39, 0.29) is 5.56 Å². The SMILES string of the molecule is O=C(O)c1cccnc1SCc1noc(C2CC2)n1. The lowest BCUT2D eigenvalue weighted by atomic mass is 10.3. The molecule has 2 aromatic heterocycles. The molecule has 0 saturated heterocycles. The molecule has 0 atom stereocenters. The van der Waals surface area contributed by atoms with Gasteiger partial charge in [0.25, 0.3) is 0 Å². The zero-order chi connectivity index (χ0) is 13.2. The van der Waals surface area contributed by atoms with Crippen molar-refractivity contribution in [3.05, 3.63) is 35.6 Å². The van der Waals surface area contributed by atoms with Gasteiger partial charge in [0.2, 0.25) is 5.89 Å². The fraction of sp³-hybridized carbons (Fsp3) is 0.333. The summed E-state index contributed by atoms with van der Waals surface area (Å²) < 4.78 is 5.14. The molecule has 1 N–H and O–H groups in total. The minimum atomic E-state index is -0.984. The molecular weight excluding hydrogens is 266 g/mol. The monoisotopic (exact) mass is 277 g/mol. The number of aromatic nitrogens is 3. The molecule has 0 unspecified atom stereocenters. The van der Waals surface area contributed by atoms with Gasteiger partial charge in [-0.05, 0) is 25.0 Å². The van der Waals surface area contributed by atoms with Crippen LogP contribution in [0.4, 0.5) is 0 Å². The van der Waals surface area contributed by atoms with Crippen LogP contribution in [-0.2, 0) is 5.75 Å². The van der Waals surface area contributed by atoms with Crippen LogP contribution < -0.4 is 0 Å². The van der Waals surface area contributed by atoms with Crippen molar-refractivity contribution in [1.82, 2.24) is 15.1 Å². The molecule has 0 bridgehead atoms. The number of aromatic carboxylic acids is 1. The molecule has 2 aromatic rings. The van der Waals surface area contributed by atoms with E-state index < -0.39 is 5.97 Å². The Kier molecular flexibility index (Phi) is 3.20. The van der Waals surface area contributed by atoms with Crippen molar-refractivity contribution in [1.29, 1.82) is 0 Å². The Morgan fingerprint density at radius 1 is 1.53 bits per heavy atom. The molecule has 19 heavy (non-hydrogen) atoms. The van der Waals surface area contributed by atoms with Crippen LogP contribution in [0.15, 0.2) is 27.9 Å². The molecular formula is C12H11N3O3S. The molecule has 0 aromatic carbocycles. The van der Waals surface area contributed by atoms with E-state index in [4.69, 9.17) is 9.63 Å². The van der Waals surface area contributed by atoms with Gasteiger partial charge in [0.1, 0.15) is 5.03 Å². The van der Waals surface area contributed by atoms with Gasteiger partial charge < -0.3 is 9.63 Å². The van der Waals surface area contributed by atoms with E-state index in [1.807, 2.05) is 0 Å². The quantitative estimate of drug-likeness (QED) is 0.839. The van der Waals surface area contributed by atoms with Gasteiger partial charge in [-0.1, -0.05) is 16.9 Å². The summed E-state index contributed by atoms with van der Waals surface area (Å²) in [6.45, 7) is 0. The van der Waals surface area contributed by atoms with E-state index in [1.54, 1.807) is 12.3 Å². The summed E-state index contributed by atoms with van der Waals surface area (Å²) in [7, 11) is 0. The number of hydrogen-bond acceptors (Lipinski definition) is 6. The largest absolute Gasteiger partial charge is 0.478 e. The molecule has 1 aliphatic rings. The maximum absolute atomic E-state index is 11.0. The van der Waals surface area contributed by atoms with E-state index in [0.717, 1.165) is 12.8 Å². The highest BCUT2D eigenvalue weighted by molar-refractivity contribution is 7.98. The molecule has 1 fully saturated rings. The smallest absolute Gasteiger partial charge is 0.338 e. The summed E-state index contributed by atoms with van der Waals surface area (Å²) in [6, 6.07) is 3.14. The molecule has 1 aliphatic carbocycles. The molecule has 98 valence electrons. The van der Waals surface area contributed by atoms with Crippen LogP contribution in [0.25, 0.3) is 0 Å². The number of nitrogens with zero attached hydrogens (tertiary/aromatic N) is 3. The second kappa shape index (κ2) is 5.00. The Morgan fingerprint density at radius 2 is 2.37 bits per heavy atom. The molecule has 1 saturated carbocycles. The van der Waals surface area contributed by atoms with Crippen LogP contribution in [0.3, 0.4) is 0 Å². The minimum absolute atomic E-state index is 0.193. The van der Waals surface area contributed by atoms with Gasteiger partial charge in [-0.25, -0.2) is 9.78 Å². The Balaban J connectivity index is 1.69. The molecule has 3 rings (SSSR count). The number of carboxylic acids is 1. The third-order valence-corrected chi connectivity index (χ3v) is 3.75. The number of rotatable bonds is 5. The molecule has 0 amide bonds. The fourth-order valence-corrected chi connectivity index (χ4v) is 2.45. The van der Waals surface area contributed by atoms with Crippen LogP contribution in [-0.4, -0.2) is 26.2 Å². The van der Waals surface area contributed by atoms with Crippen LogP contribution in [0.5, 0.6) is 0 Å². The maximum Gasteiger partial charge on any atom is 0.338 e. The van der Waals surface area contributed by atoms with Gasteiger partial charge in [-0.3, -0.25) is 0 Å². The van der Waals surface area contributed by atoms with Crippen molar-refractivity contribution in [3.8, 4) is 0 Å². The summed E-state index contributed by atoms with van der Waals surface area (Å²) in [6.07, 6.45) is 3.79. The van der Waals surface area contributed by atoms with Gasteiger partial charge in [-0.2, -0.15) is 4.98 Å². The second-order valence-electron chi connectivity index (χ2n) is 4.27. The highest BCUT2D eigenvalue weighted by atomic mass is 32.2. The zero-order valence-electron chi connectivity index (χ0n) is 9.94. The second-order valence-corrected chi connectivity index (χ2v) is 5.24. The predicted octanol–water partition coefficient (Wildman–Crippen LogP) is 2.33. The van der Waals surface area contributed by atoms with Crippen molar-refractivity contribution in [2.45, 2.75) is 29.5 Å². The molecule has 0 aliphatic heterocycles. The Labute approximate surface area is 113 Å². The van der Waals surface area contributed by atoms with Crippen LogP contribution in [0.1, 0.15) is 40.8 Å². The first-order valence-corrected chi connectivity index (χ1v) is 6.86. The number of pyridine rings is 1. The van der Waals surface area contributed by atoms with Crippen molar-refractivity contribution in [3.63, 3.8) is 0 Å². The zero-order valence-corrected chi connectivity index (χ0v) is 10.8. The van der Waals surface area contributed by atoms with Crippen molar-refractivity contribution in [2.75, 3.05) is 0 Å². The Morgan fingerprint density at radius 3 is 3.11 bits per heavy atom. The van der Waals surface area contributed by atoms with Crippen LogP contribution >= 0.6 is 11.8 Å².